The lowest BCUT2D eigenvalue weighted by Crippen LogP contribution is -1.94. The van der Waals surface area contributed by atoms with Gasteiger partial charge in [0, 0.05) is 18.1 Å². The van der Waals surface area contributed by atoms with Gasteiger partial charge in [0.15, 0.2) is 5.82 Å². The number of aryl methyl sites for hydroxylation is 1. The van der Waals surface area contributed by atoms with Gasteiger partial charge < -0.3 is 4.57 Å². The van der Waals surface area contributed by atoms with Crippen LogP contribution in [0.15, 0.2) is 17.3 Å². The fourth-order valence-corrected chi connectivity index (χ4v) is 1.20. The zero-order chi connectivity index (χ0) is 8.55. The van der Waals surface area contributed by atoms with Crippen LogP contribution in [0, 0.1) is 6.92 Å². The zero-order valence-corrected chi connectivity index (χ0v) is 7.23. The van der Waals surface area contributed by atoms with Crippen LogP contribution in [0.4, 0.5) is 0 Å². The lowest BCUT2D eigenvalue weighted by Gasteiger charge is -1.96. The third kappa shape index (κ3) is 1.07. The van der Waals surface area contributed by atoms with E-state index < -0.39 is 0 Å². The van der Waals surface area contributed by atoms with Gasteiger partial charge in [-0.1, -0.05) is 0 Å². The molecule has 1 aromatic heterocycles. The number of imidazole rings is 1. The summed E-state index contributed by atoms with van der Waals surface area (Å²) in [4.78, 5) is 8.50. The van der Waals surface area contributed by atoms with Crippen molar-refractivity contribution in [3.05, 3.63) is 23.8 Å². The van der Waals surface area contributed by atoms with Crippen LogP contribution in [0.2, 0.25) is 0 Å². The molecule has 0 spiro atoms. The first-order chi connectivity index (χ1) is 5.77. The van der Waals surface area contributed by atoms with Crippen molar-refractivity contribution in [2.24, 2.45) is 4.99 Å². The largest absolute Gasteiger partial charge is 0.303 e. The van der Waals surface area contributed by atoms with Crippen LogP contribution in [0.25, 0.3) is 6.20 Å². The second-order valence-electron chi connectivity index (χ2n) is 2.99. The smallest absolute Gasteiger partial charge is 0.154 e. The van der Waals surface area contributed by atoms with Crippen LogP contribution < -0.4 is 0 Å². The predicted molar refractivity (Wildman–Crippen MR) is 49.4 cm³/mol. The molecule has 0 bridgehead atoms. The van der Waals surface area contributed by atoms with Gasteiger partial charge in [0.2, 0.25) is 0 Å². The Labute approximate surface area is 71.5 Å². The SMILES string of the molecule is Cc1cnc2n1C=CC(C)N=C2. The summed E-state index contributed by atoms with van der Waals surface area (Å²) in [5.74, 6) is 0.910. The molecule has 0 aliphatic carbocycles. The van der Waals surface area contributed by atoms with Crippen molar-refractivity contribution in [1.82, 2.24) is 9.55 Å². The van der Waals surface area contributed by atoms with E-state index in [1.165, 1.54) is 0 Å². The van der Waals surface area contributed by atoms with E-state index in [0.717, 1.165) is 11.5 Å². The Hall–Kier alpha value is -1.38. The van der Waals surface area contributed by atoms with Gasteiger partial charge in [-0.2, -0.15) is 0 Å². The van der Waals surface area contributed by atoms with Crippen LogP contribution in [-0.2, 0) is 0 Å². The third-order valence-electron chi connectivity index (χ3n) is 1.95. The summed E-state index contributed by atoms with van der Waals surface area (Å²) in [5.41, 5.74) is 1.14. The van der Waals surface area contributed by atoms with Crippen LogP contribution >= 0.6 is 0 Å². The van der Waals surface area contributed by atoms with Crippen molar-refractivity contribution in [1.29, 1.82) is 0 Å². The highest BCUT2D eigenvalue weighted by atomic mass is 15.1. The number of aliphatic imine (C=N–C) groups is 1. The molecule has 12 heavy (non-hydrogen) atoms. The van der Waals surface area contributed by atoms with E-state index in [1.54, 1.807) is 0 Å². The van der Waals surface area contributed by atoms with Crippen molar-refractivity contribution in [2.45, 2.75) is 19.9 Å². The van der Waals surface area contributed by atoms with Crippen molar-refractivity contribution in [3.8, 4) is 0 Å². The summed E-state index contributed by atoms with van der Waals surface area (Å²) < 4.78 is 2.03. The quantitative estimate of drug-likeness (QED) is 0.567. The van der Waals surface area contributed by atoms with E-state index in [2.05, 4.69) is 23.0 Å². The van der Waals surface area contributed by atoms with Crippen LogP contribution in [0.5, 0.6) is 0 Å². The molecule has 2 heterocycles. The molecule has 3 heteroatoms. The highest BCUT2D eigenvalue weighted by molar-refractivity contribution is 5.77. The Bertz CT molecular complexity index is 347. The standard InChI is InChI=1S/C9H11N3/c1-7-3-4-12-8(2)5-11-9(12)6-10-7/h3-7H,1-2H3. The Morgan fingerprint density at radius 2 is 2.33 bits per heavy atom. The summed E-state index contributed by atoms with van der Waals surface area (Å²) >= 11 is 0. The monoisotopic (exact) mass is 161 g/mol. The maximum absolute atomic E-state index is 4.28. The van der Waals surface area contributed by atoms with Gasteiger partial charge in [-0.05, 0) is 19.9 Å². The highest BCUT2D eigenvalue weighted by Crippen LogP contribution is 2.07. The summed E-state index contributed by atoms with van der Waals surface area (Å²) in [5, 5.41) is 0. The highest BCUT2D eigenvalue weighted by Gasteiger charge is 2.05. The van der Waals surface area contributed by atoms with Gasteiger partial charge >= 0.3 is 0 Å². The van der Waals surface area contributed by atoms with Gasteiger partial charge in [0.05, 0.1) is 12.3 Å². The molecule has 3 nitrogen and oxygen atoms in total. The van der Waals surface area contributed by atoms with Gasteiger partial charge in [-0.25, -0.2) is 4.98 Å². The van der Waals surface area contributed by atoms with Crippen molar-refractivity contribution in [3.63, 3.8) is 0 Å². The molecule has 1 aromatic rings. The zero-order valence-electron chi connectivity index (χ0n) is 7.23. The van der Waals surface area contributed by atoms with E-state index in [4.69, 9.17) is 0 Å². The number of hydrogen-bond donors (Lipinski definition) is 0. The Balaban J connectivity index is 2.54. The second kappa shape index (κ2) is 2.59. The van der Waals surface area contributed by atoms with E-state index in [1.807, 2.05) is 30.1 Å². The Morgan fingerprint density at radius 3 is 3.17 bits per heavy atom. The topological polar surface area (TPSA) is 30.2 Å². The molecule has 0 fully saturated rings. The molecule has 0 radical (unpaired) electrons. The number of nitrogens with zero attached hydrogens (tertiary/aromatic N) is 3. The van der Waals surface area contributed by atoms with Crippen LogP contribution in [-0.4, -0.2) is 21.8 Å². The average molecular weight is 161 g/mol. The molecule has 0 aromatic carbocycles. The fourth-order valence-electron chi connectivity index (χ4n) is 1.20. The minimum Gasteiger partial charge on any atom is -0.303 e. The van der Waals surface area contributed by atoms with Crippen molar-refractivity contribution in [2.75, 3.05) is 0 Å². The van der Waals surface area contributed by atoms with E-state index in [9.17, 15) is 0 Å². The summed E-state index contributed by atoms with van der Waals surface area (Å²) in [6, 6.07) is 0.256. The van der Waals surface area contributed by atoms with E-state index in [-0.39, 0.29) is 6.04 Å². The second-order valence-corrected chi connectivity index (χ2v) is 2.99. The molecule has 1 aliphatic rings. The first kappa shape index (κ1) is 7.28. The molecule has 0 N–H and O–H groups in total. The van der Waals surface area contributed by atoms with Crippen molar-refractivity contribution >= 4 is 12.4 Å². The summed E-state index contributed by atoms with van der Waals surface area (Å²) in [6.45, 7) is 4.08. The van der Waals surface area contributed by atoms with Gasteiger partial charge in [-0.3, -0.25) is 4.99 Å². The molecular formula is C9H11N3. The van der Waals surface area contributed by atoms with E-state index >= 15 is 0 Å². The van der Waals surface area contributed by atoms with Crippen LogP contribution in [0.1, 0.15) is 18.4 Å². The number of fused-ring (bicyclic) bond motifs is 1. The van der Waals surface area contributed by atoms with Gasteiger partial charge in [0.25, 0.3) is 0 Å². The lowest BCUT2D eigenvalue weighted by atomic mass is 10.3. The molecular weight excluding hydrogens is 150 g/mol. The number of aromatic nitrogens is 2. The number of hydrogen-bond acceptors (Lipinski definition) is 2. The van der Waals surface area contributed by atoms with Crippen molar-refractivity contribution < 1.29 is 0 Å². The molecule has 0 saturated carbocycles. The maximum Gasteiger partial charge on any atom is 0.154 e. The van der Waals surface area contributed by atoms with E-state index in [0.29, 0.717) is 0 Å². The van der Waals surface area contributed by atoms with Gasteiger partial charge in [-0.15, -0.1) is 0 Å². The maximum atomic E-state index is 4.28. The molecule has 62 valence electrons. The summed E-state index contributed by atoms with van der Waals surface area (Å²) in [6.07, 6.45) is 7.75. The van der Waals surface area contributed by atoms with Gasteiger partial charge in [0.1, 0.15) is 0 Å². The van der Waals surface area contributed by atoms with Crippen LogP contribution in [0.3, 0.4) is 0 Å². The molecule has 1 unspecified atom stereocenters. The minimum absolute atomic E-state index is 0.256. The normalized spacial score (nSPS) is 20.7. The fraction of sp³-hybridized carbons (Fsp3) is 0.333. The third-order valence-corrected chi connectivity index (χ3v) is 1.95. The molecule has 0 amide bonds. The minimum atomic E-state index is 0.256. The predicted octanol–water partition coefficient (Wildman–Crippen LogP) is 1.48. The molecule has 1 atom stereocenters. The number of rotatable bonds is 0. The average Bonchev–Trinajstić information content (AvgIpc) is 2.28. The molecule has 1 aliphatic heterocycles. The Morgan fingerprint density at radius 1 is 1.50 bits per heavy atom. The summed E-state index contributed by atoms with van der Waals surface area (Å²) in [7, 11) is 0. The first-order valence-electron chi connectivity index (χ1n) is 4.02. The Kier molecular flexibility index (Phi) is 1.57. The first-order valence-corrected chi connectivity index (χ1v) is 4.02. The lowest BCUT2D eigenvalue weighted by molar-refractivity contribution is 0.937. The molecule has 2 rings (SSSR count). The molecule has 0 saturated heterocycles.